The second-order valence-electron chi connectivity index (χ2n) is 12.2. The van der Waals surface area contributed by atoms with Crippen LogP contribution in [-0.4, -0.2) is 100.0 Å². The van der Waals surface area contributed by atoms with Crippen LogP contribution in [-0.2, 0) is 4.74 Å². The first kappa shape index (κ1) is 30.9. The summed E-state index contributed by atoms with van der Waals surface area (Å²) in [4.78, 5) is 55.9. The van der Waals surface area contributed by atoms with Crippen LogP contribution in [0.3, 0.4) is 0 Å². The SMILES string of the molecule is COC1CCN(C(=O)N2C[C@H](/C=N\C(=O)N3CCC(n4c(=O)[nH]c5ncccc54)CC3)CC[C@@H](c3cccc(F)c3F)C2)CC1. The van der Waals surface area contributed by atoms with Crippen LogP contribution >= 0.6 is 0 Å². The number of benzene rings is 1. The lowest BCUT2D eigenvalue weighted by atomic mass is 9.92. The molecule has 3 aliphatic heterocycles. The highest BCUT2D eigenvalue weighted by Gasteiger charge is 2.33. The summed E-state index contributed by atoms with van der Waals surface area (Å²) in [6.07, 6.45) is 7.13. The Morgan fingerprint density at radius 2 is 1.71 bits per heavy atom. The lowest BCUT2D eigenvalue weighted by Gasteiger charge is -2.36. The Labute approximate surface area is 259 Å². The standard InChI is InChI=1S/C32H39F2N7O4/c1-45-24-11-16-39(17-12-24)32(44)40-19-21(7-8-22(20-40)25-4-2-5-26(33)28(25)34)18-36-30(42)38-14-9-23(10-15-38)41-27-6-3-13-35-29(27)37-31(41)43/h2-6,13,18,21-24H,7-12,14-17,19-20H2,1H3,(H,35,37,43)/b36-18-/t21-,22+/m0/s1. The van der Waals surface area contributed by atoms with Gasteiger partial charge in [0.25, 0.3) is 0 Å². The van der Waals surface area contributed by atoms with Crippen molar-refractivity contribution in [3.8, 4) is 0 Å². The first-order chi connectivity index (χ1) is 21.8. The summed E-state index contributed by atoms with van der Waals surface area (Å²) >= 11 is 0. The zero-order valence-electron chi connectivity index (χ0n) is 25.4. The van der Waals surface area contributed by atoms with Crippen LogP contribution in [0.5, 0.6) is 0 Å². The Balaban J connectivity index is 1.13. The zero-order chi connectivity index (χ0) is 31.5. The van der Waals surface area contributed by atoms with E-state index in [1.807, 2.05) is 6.07 Å². The maximum absolute atomic E-state index is 14.9. The van der Waals surface area contributed by atoms with Crippen LogP contribution in [0, 0.1) is 17.6 Å². The van der Waals surface area contributed by atoms with Gasteiger partial charge >= 0.3 is 17.8 Å². The molecule has 3 fully saturated rings. The van der Waals surface area contributed by atoms with Crippen LogP contribution in [0.2, 0.25) is 0 Å². The van der Waals surface area contributed by atoms with Crippen molar-refractivity contribution in [1.29, 1.82) is 0 Å². The largest absolute Gasteiger partial charge is 0.381 e. The summed E-state index contributed by atoms with van der Waals surface area (Å²) in [5.74, 6) is -2.41. The van der Waals surface area contributed by atoms with E-state index in [1.54, 1.807) is 50.9 Å². The number of amides is 4. The number of imidazole rings is 1. The molecule has 0 spiro atoms. The van der Waals surface area contributed by atoms with Gasteiger partial charge in [-0.15, -0.1) is 0 Å². The summed E-state index contributed by atoms with van der Waals surface area (Å²) in [6, 6.07) is 7.25. The normalized spacial score (nSPS) is 22.3. The van der Waals surface area contributed by atoms with Crippen molar-refractivity contribution in [2.45, 2.75) is 56.6 Å². The number of halogens is 2. The quantitative estimate of drug-likeness (QED) is 0.428. The first-order valence-corrected chi connectivity index (χ1v) is 15.7. The fourth-order valence-electron chi connectivity index (χ4n) is 6.96. The Morgan fingerprint density at radius 1 is 0.956 bits per heavy atom. The second kappa shape index (κ2) is 13.5. The fraction of sp³-hybridized carbons (Fsp3) is 0.531. The monoisotopic (exact) mass is 623 g/mol. The number of hydrogen-bond acceptors (Lipinski definition) is 5. The smallest absolute Gasteiger partial charge is 0.343 e. The van der Waals surface area contributed by atoms with Crippen molar-refractivity contribution in [3.05, 3.63) is 64.2 Å². The van der Waals surface area contributed by atoms with Gasteiger partial charge in [-0.25, -0.2) is 33.1 Å². The molecule has 0 aliphatic carbocycles. The highest BCUT2D eigenvalue weighted by molar-refractivity contribution is 5.85. The number of carbonyl (C=O) groups excluding carboxylic acids is 2. The highest BCUT2D eigenvalue weighted by Crippen LogP contribution is 2.32. The Kier molecular flexibility index (Phi) is 9.24. The number of piperidine rings is 2. The van der Waals surface area contributed by atoms with Crippen LogP contribution in [0.1, 0.15) is 56.0 Å². The summed E-state index contributed by atoms with van der Waals surface area (Å²) in [5.41, 5.74) is 1.34. The van der Waals surface area contributed by atoms with Crippen LogP contribution in [0.4, 0.5) is 18.4 Å². The number of urea groups is 2. The average Bonchev–Trinajstić information content (AvgIpc) is 3.25. The summed E-state index contributed by atoms with van der Waals surface area (Å²) in [7, 11) is 1.67. The molecule has 3 saturated heterocycles. The first-order valence-electron chi connectivity index (χ1n) is 15.7. The van der Waals surface area contributed by atoms with E-state index in [9.17, 15) is 23.2 Å². The number of pyridine rings is 1. The molecule has 1 N–H and O–H groups in total. The number of likely N-dealkylation sites (tertiary alicyclic amines) is 3. The molecule has 0 saturated carbocycles. The summed E-state index contributed by atoms with van der Waals surface area (Å²) < 4.78 is 36.2. The summed E-state index contributed by atoms with van der Waals surface area (Å²) in [5, 5.41) is 0. The number of nitrogens with one attached hydrogen (secondary N) is 1. The van der Waals surface area contributed by atoms with E-state index < -0.39 is 17.6 Å². The molecule has 1 aromatic carbocycles. The maximum atomic E-state index is 14.9. The van der Waals surface area contributed by atoms with Crippen molar-refractivity contribution < 1.29 is 23.1 Å². The van der Waals surface area contributed by atoms with Gasteiger partial charge < -0.3 is 19.4 Å². The van der Waals surface area contributed by atoms with E-state index >= 15 is 0 Å². The van der Waals surface area contributed by atoms with E-state index in [2.05, 4.69) is 15.0 Å². The van der Waals surface area contributed by atoms with Gasteiger partial charge in [-0.1, -0.05) is 12.1 Å². The van der Waals surface area contributed by atoms with Crippen molar-refractivity contribution >= 4 is 29.4 Å². The summed E-state index contributed by atoms with van der Waals surface area (Å²) in [6.45, 7) is 2.59. The Hall–Kier alpha value is -4.13. The lowest BCUT2D eigenvalue weighted by molar-refractivity contribution is 0.0442. The van der Waals surface area contributed by atoms with Crippen LogP contribution in [0.25, 0.3) is 11.2 Å². The minimum atomic E-state index is -0.907. The van der Waals surface area contributed by atoms with Crippen molar-refractivity contribution in [2.75, 3.05) is 46.4 Å². The number of carbonyl (C=O) groups is 2. The molecule has 2 aromatic heterocycles. The molecule has 240 valence electrons. The van der Waals surface area contributed by atoms with E-state index in [-0.39, 0.29) is 47.9 Å². The lowest BCUT2D eigenvalue weighted by Crippen LogP contribution is -2.49. The molecular weight excluding hydrogens is 584 g/mol. The number of aliphatic imine (C=N–C) groups is 1. The number of aromatic amines is 1. The molecule has 6 rings (SSSR count). The highest BCUT2D eigenvalue weighted by atomic mass is 19.2. The van der Waals surface area contributed by atoms with E-state index in [0.717, 1.165) is 24.4 Å². The fourth-order valence-corrected chi connectivity index (χ4v) is 6.96. The molecule has 0 unspecified atom stereocenters. The number of fused-ring (bicyclic) bond motifs is 1. The number of rotatable bonds is 4. The van der Waals surface area contributed by atoms with Gasteiger partial charge in [0.05, 0.1) is 11.6 Å². The second-order valence-corrected chi connectivity index (χ2v) is 12.2. The third kappa shape index (κ3) is 6.63. The van der Waals surface area contributed by atoms with Gasteiger partial charge in [-0.2, -0.15) is 0 Å². The van der Waals surface area contributed by atoms with E-state index in [1.165, 1.54) is 6.07 Å². The molecule has 5 heterocycles. The molecule has 3 aliphatic rings. The maximum Gasteiger partial charge on any atom is 0.343 e. The van der Waals surface area contributed by atoms with Gasteiger partial charge in [-0.05, 0) is 62.3 Å². The Bertz CT molecular complexity index is 1610. The Morgan fingerprint density at radius 3 is 2.47 bits per heavy atom. The van der Waals surface area contributed by atoms with E-state index in [4.69, 9.17) is 4.74 Å². The van der Waals surface area contributed by atoms with Gasteiger partial charge in [-0.3, -0.25) is 9.55 Å². The van der Waals surface area contributed by atoms with Crippen LogP contribution < -0.4 is 5.69 Å². The van der Waals surface area contributed by atoms with Gasteiger partial charge in [0, 0.05) is 76.7 Å². The number of hydrogen-bond donors (Lipinski definition) is 1. The van der Waals surface area contributed by atoms with Crippen molar-refractivity contribution in [2.24, 2.45) is 10.9 Å². The zero-order valence-corrected chi connectivity index (χ0v) is 25.4. The molecule has 0 radical (unpaired) electrons. The third-order valence-corrected chi connectivity index (χ3v) is 9.51. The van der Waals surface area contributed by atoms with Gasteiger partial charge in [0.15, 0.2) is 17.3 Å². The van der Waals surface area contributed by atoms with Gasteiger partial charge in [0.1, 0.15) is 0 Å². The molecular formula is C32H39F2N7O4. The third-order valence-electron chi connectivity index (χ3n) is 9.51. The predicted molar refractivity (Wildman–Crippen MR) is 164 cm³/mol. The van der Waals surface area contributed by atoms with Gasteiger partial charge in [0.2, 0.25) is 0 Å². The number of methoxy groups -OCH3 is 1. The minimum Gasteiger partial charge on any atom is -0.381 e. The molecule has 2 atom stereocenters. The molecule has 3 aromatic rings. The minimum absolute atomic E-state index is 0.0565. The number of H-pyrrole nitrogens is 1. The number of ether oxygens (including phenoxy) is 1. The molecule has 13 heteroatoms. The molecule has 4 amide bonds. The topological polar surface area (TPSA) is 116 Å². The predicted octanol–water partition coefficient (Wildman–Crippen LogP) is 4.56. The van der Waals surface area contributed by atoms with Crippen LogP contribution in [0.15, 0.2) is 46.3 Å². The number of nitrogens with zero attached hydrogens (tertiary/aromatic N) is 6. The van der Waals surface area contributed by atoms with Crippen molar-refractivity contribution in [3.63, 3.8) is 0 Å². The average molecular weight is 624 g/mol. The van der Waals surface area contributed by atoms with E-state index in [0.29, 0.717) is 64.1 Å². The molecule has 45 heavy (non-hydrogen) atoms. The molecule has 11 nitrogen and oxygen atoms in total. The van der Waals surface area contributed by atoms with Crippen molar-refractivity contribution in [1.82, 2.24) is 29.2 Å². The number of aromatic nitrogens is 3. The molecule has 0 bridgehead atoms.